The molecular formula is C15H27N3. The van der Waals surface area contributed by atoms with E-state index in [9.17, 15) is 0 Å². The topological polar surface area (TPSA) is 29.9 Å². The Morgan fingerprint density at radius 1 is 1.33 bits per heavy atom. The minimum atomic E-state index is 0.513. The third kappa shape index (κ3) is 3.06. The highest BCUT2D eigenvalue weighted by atomic mass is 15.3. The molecule has 1 aromatic rings. The number of rotatable bonds is 4. The molecule has 0 aliphatic heterocycles. The van der Waals surface area contributed by atoms with Gasteiger partial charge in [-0.15, -0.1) is 0 Å². The first-order chi connectivity index (χ1) is 8.51. The smallest absolute Gasteiger partial charge is 0.0728 e. The molecule has 1 N–H and O–H groups in total. The van der Waals surface area contributed by atoms with Crippen molar-refractivity contribution in [3.63, 3.8) is 0 Å². The Morgan fingerprint density at radius 3 is 2.50 bits per heavy atom. The molecule has 0 aromatic carbocycles. The van der Waals surface area contributed by atoms with Crippen molar-refractivity contribution in [3.05, 3.63) is 12.4 Å². The summed E-state index contributed by atoms with van der Waals surface area (Å²) < 4.78 is 1.86. The molecule has 0 amide bonds. The number of nitrogens with zero attached hydrogens (tertiary/aromatic N) is 2. The zero-order valence-corrected chi connectivity index (χ0v) is 12.2. The van der Waals surface area contributed by atoms with Crippen molar-refractivity contribution < 1.29 is 0 Å². The van der Waals surface area contributed by atoms with E-state index < -0.39 is 0 Å². The molecule has 18 heavy (non-hydrogen) atoms. The number of hydrogen-bond acceptors (Lipinski definition) is 2. The molecule has 1 fully saturated rings. The van der Waals surface area contributed by atoms with Crippen molar-refractivity contribution >= 4 is 5.69 Å². The van der Waals surface area contributed by atoms with Crippen LogP contribution in [0.25, 0.3) is 0 Å². The summed E-state index contributed by atoms with van der Waals surface area (Å²) in [6.45, 7) is 7.17. The molecule has 0 atom stereocenters. The SMILES string of the molecule is CCC(C)(C)C1CCC(Nc2cnn(C)c2)CC1. The van der Waals surface area contributed by atoms with Crippen molar-refractivity contribution in [1.82, 2.24) is 9.78 Å². The molecule has 3 heteroatoms. The van der Waals surface area contributed by atoms with Crippen molar-refractivity contribution in [2.24, 2.45) is 18.4 Å². The maximum atomic E-state index is 4.20. The van der Waals surface area contributed by atoms with Crippen LogP contribution >= 0.6 is 0 Å². The second-order valence-electron chi connectivity index (χ2n) is 6.44. The predicted molar refractivity (Wildman–Crippen MR) is 76.6 cm³/mol. The van der Waals surface area contributed by atoms with E-state index in [1.54, 1.807) is 0 Å². The van der Waals surface area contributed by atoms with E-state index in [1.165, 1.54) is 32.1 Å². The average molecular weight is 249 g/mol. The minimum Gasteiger partial charge on any atom is -0.380 e. The van der Waals surface area contributed by atoms with Gasteiger partial charge in [0.05, 0.1) is 11.9 Å². The molecule has 0 radical (unpaired) electrons. The van der Waals surface area contributed by atoms with Crippen LogP contribution in [-0.4, -0.2) is 15.8 Å². The second kappa shape index (κ2) is 5.33. The van der Waals surface area contributed by atoms with E-state index in [0.29, 0.717) is 11.5 Å². The van der Waals surface area contributed by atoms with E-state index >= 15 is 0 Å². The van der Waals surface area contributed by atoms with Crippen molar-refractivity contribution in [1.29, 1.82) is 0 Å². The van der Waals surface area contributed by atoms with Gasteiger partial charge < -0.3 is 5.32 Å². The lowest BCUT2D eigenvalue weighted by atomic mass is 9.69. The normalized spacial score (nSPS) is 25.1. The fraction of sp³-hybridized carbons (Fsp3) is 0.800. The summed E-state index contributed by atoms with van der Waals surface area (Å²) in [6, 6.07) is 0.637. The molecule has 0 saturated heterocycles. The molecule has 1 heterocycles. The largest absolute Gasteiger partial charge is 0.380 e. The quantitative estimate of drug-likeness (QED) is 0.879. The predicted octanol–water partition coefficient (Wildman–Crippen LogP) is 3.83. The van der Waals surface area contributed by atoms with E-state index in [-0.39, 0.29) is 0 Å². The molecule has 0 bridgehead atoms. The average Bonchev–Trinajstić information content (AvgIpc) is 2.75. The van der Waals surface area contributed by atoms with Crippen LogP contribution in [0.1, 0.15) is 52.9 Å². The molecule has 1 aliphatic rings. The van der Waals surface area contributed by atoms with Crippen molar-refractivity contribution in [3.8, 4) is 0 Å². The summed E-state index contributed by atoms with van der Waals surface area (Å²) in [7, 11) is 1.96. The van der Waals surface area contributed by atoms with Gasteiger partial charge in [0.2, 0.25) is 0 Å². The third-order valence-corrected chi connectivity index (χ3v) is 4.82. The van der Waals surface area contributed by atoms with Crippen LogP contribution < -0.4 is 5.32 Å². The molecule has 1 aromatic heterocycles. The van der Waals surface area contributed by atoms with Gasteiger partial charge in [0, 0.05) is 19.3 Å². The molecule has 1 aliphatic carbocycles. The number of hydrogen-bond donors (Lipinski definition) is 1. The fourth-order valence-corrected chi connectivity index (χ4v) is 3.04. The number of aryl methyl sites for hydroxylation is 1. The highest BCUT2D eigenvalue weighted by Crippen LogP contribution is 2.40. The minimum absolute atomic E-state index is 0.513. The first-order valence-electron chi connectivity index (χ1n) is 7.26. The maximum absolute atomic E-state index is 4.20. The summed E-state index contributed by atoms with van der Waals surface area (Å²) in [4.78, 5) is 0. The Balaban J connectivity index is 1.83. The van der Waals surface area contributed by atoms with Crippen LogP contribution in [0.3, 0.4) is 0 Å². The monoisotopic (exact) mass is 249 g/mol. The zero-order chi connectivity index (χ0) is 13.2. The van der Waals surface area contributed by atoms with Crippen LogP contribution in [0.5, 0.6) is 0 Å². The van der Waals surface area contributed by atoms with Gasteiger partial charge >= 0.3 is 0 Å². The van der Waals surface area contributed by atoms with Gasteiger partial charge in [0.15, 0.2) is 0 Å². The molecule has 102 valence electrons. The van der Waals surface area contributed by atoms with Gasteiger partial charge in [0.1, 0.15) is 0 Å². The summed E-state index contributed by atoms with van der Waals surface area (Å²) in [6.07, 6.45) is 10.6. The molecule has 3 nitrogen and oxygen atoms in total. The van der Waals surface area contributed by atoms with Crippen LogP contribution in [0.15, 0.2) is 12.4 Å². The molecule has 0 unspecified atom stereocenters. The highest BCUT2D eigenvalue weighted by molar-refractivity contribution is 5.39. The first kappa shape index (κ1) is 13.4. The standard InChI is InChI=1S/C15H27N3/c1-5-15(2,3)12-6-8-13(9-7-12)17-14-10-16-18(4)11-14/h10-13,17H,5-9H2,1-4H3. The van der Waals surface area contributed by atoms with Crippen LogP contribution in [0, 0.1) is 11.3 Å². The fourth-order valence-electron chi connectivity index (χ4n) is 3.04. The van der Waals surface area contributed by atoms with Gasteiger partial charge in [-0.3, -0.25) is 4.68 Å². The lowest BCUT2D eigenvalue weighted by Gasteiger charge is -2.39. The van der Waals surface area contributed by atoms with Gasteiger partial charge in [0.25, 0.3) is 0 Å². The lowest BCUT2D eigenvalue weighted by molar-refractivity contribution is 0.147. The molecule has 2 rings (SSSR count). The summed E-state index contributed by atoms with van der Waals surface area (Å²) in [5.74, 6) is 0.898. The zero-order valence-electron chi connectivity index (χ0n) is 12.2. The third-order valence-electron chi connectivity index (χ3n) is 4.82. The molecular weight excluding hydrogens is 222 g/mol. The highest BCUT2D eigenvalue weighted by Gasteiger charge is 2.31. The Labute approximate surface area is 111 Å². The second-order valence-corrected chi connectivity index (χ2v) is 6.44. The Kier molecular flexibility index (Phi) is 3.98. The molecule has 1 saturated carbocycles. The van der Waals surface area contributed by atoms with E-state index in [1.807, 2.05) is 17.9 Å². The van der Waals surface area contributed by atoms with Crippen LogP contribution in [0.4, 0.5) is 5.69 Å². The van der Waals surface area contributed by atoms with Crippen molar-refractivity contribution in [2.45, 2.75) is 58.9 Å². The number of anilines is 1. The number of aromatic nitrogens is 2. The van der Waals surface area contributed by atoms with Crippen LogP contribution in [-0.2, 0) is 7.05 Å². The summed E-state index contributed by atoms with van der Waals surface area (Å²) in [5.41, 5.74) is 1.68. The molecule has 0 spiro atoms. The van der Waals surface area contributed by atoms with Gasteiger partial charge in [-0.2, -0.15) is 5.10 Å². The van der Waals surface area contributed by atoms with E-state index in [0.717, 1.165) is 11.6 Å². The van der Waals surface area contributed by atoms with Crippen molar-refractivity contribution in [2.75, 3.05) is 5.32 Å². The summed E-state index contributed by atoms with van der Waals surface area (Å²) >= 11 is 0. The number of nitrogens with one attached hydrogen (secondary N) is 1. The first-order valence-corrected chi connectivity index (χ1v) is 7.26. The van der Waals surface area contributed by atoms with E-state index in [4.69, 9.17) is 0 Å². The Morgan fingerprint density at radius 2 is 2.00 bits per heavy atom. The summed E-state index contributed by atoms with van der Waals surface area (Å²) in [5, 5.41) is 7.81. The van der Waals surface area contributed by atoms with E-state index in [2.05, 4.69) is 37.4 Å². The van der Waals surface area contributed by atoms with Crippen LogP contribution in [0.2, 0.25) is 0 Å². The Hall–Kier alpha value is -0.990. The lowest BCUT2D eigenvalue weighted by Crippen LogP contribution is -2.32. The van der Waals surface area contributed by atoms with Gasteiger partial charge in [-0.05, 0) is 37.0 Å². The van der Waals surface area contributed by atoms with Gasteiger partial charge in [-0.25, -0.2) is 0 Å². The Bertz CT molecular complexity index is 373. The maximum Gasteiger partial charge on any atom is 0.0728 e. The van der Waals surface area contributed by atoms with Gasteiger partial charge in [-0.1, -0.05) is 27.2 Å².